The fourth-order valence-electron chi connectivity index (χ4n) is 3.35. The molecular formula is C14H25ClN4O. The Labute approximate surface area is 126 Å². The van der Waals surface area contributed by atoms with Gasteiger partial charge in [0.05, 0.1) is 6.54 Å². The molecule has 1 saturated heterocycles. The van der Waals surface area contributed by atoms with E-state index < -0.39 is 0 Å². The first-order valence-corrected chi connectivity index (χ1v) is 7.24. The maximum atomic E-state index is 6.16. The molecule has 1 aromatic rings. The van der Waals surface area contributed by atoms with Gasteiger partial charge in [0.2, 0.25) is 5.89 Å². The molecule has 0 bridgehead atoms. The summed E-state index contributed by atoms with van der Waals surface area (Å²) in [6.45, 7) is 9.28. The van der Waals surface area contributed by atoms with Gasteiger partial charge >= 0.3 is 0 Å². The predicted molar refractivity (Wildman–Crippen MR) is 79.7 cm³/mol. The van der Waals surface area contributed by atoms with Gasteiger partial charge < -0.3 is 10.3 Å². The molecule has 2 N–H and O–H groups in total. The molecule has 1 aliphatic carbocycles. The largest absolute Gasteiger partial charge is 0.339 e. The SMILES string of the molecule is CC(C)(C)c1nc(CN2CC3CCC(N)C3C2)no1.Cl. The molecule has 2 aliphatic rings. The van der Waals surface area contributed by atoms with Gasteiger partial charge in [-0.3, -0.25) is 4.90 Å². The number of hydrogen-bond acceptors (Lipinski definition) is 5. The van der Waals surface area contributed by atoms with Gasteiger partial charge in [-0.15, -0.1) is 12.4 Å². The van der Waals surface area contributed by atoms with Crippen molar-refractivity contribution in [3.8, 4) is 0 Å². The van der Waals surface area contributed by atoms with E-state index in [1.165, 1.54) is 12.8 Å². The highest BCUT2D eigenvalue weighted by Gasteiger charge is 2.41. The van der Waals surface area contributed by atoms with Crippen molar-refractivity contribution in [3.05, 3.63) is 11.7 Å². The minimum atomic E-state index is -0.0743. The van der Waals surface area contributed by atoms with Gasteiger partial charge in [-0.25, -0.2) is 0 Å². The summed E-state index contributed by atoms with van der Waals surface area (Å²) in [6, 6.07) is 0.394. The van der Waals surface area contributed by atoms with Gasteiger partial charge in [0, 0.05) is 24.5 Å². The zero-order valence-electron chi connectivity index (χ0n) is 12.5. The molecule has 0 radical (unpaired) electrons. The van der Waals surface area contributed by atoms with Gasteiger partial charge in [0.15, 0.2) is 5.82 Å². The van der Waals surface area contributed by atoms with E-state index >= 15 is 0 Å². The first-order chi connectivity index (χ1) is 8.93. The Morgan fingerprint density at radius 2 is 2.05 bits per heavy atom. The summed E-state index contributed by atoms with van der Waals surface area (Å²) in [6.07, 6.45) is 2.47. The van der Waals surface area contributed by atoms with Crippen molar-refractivity contribution in [1.82, 2.24) is 15.0 Å². The molecule has 2 heterocycles. The third-order valence-corrected chi connectivity index (χ3v) is 4.46. The van der Waals surface area contributed by atoms with E-state index in [1.54, 1.807) is 0 Å². The first kappa shape index (κ1) is 15.7. The molecule has 3 atom stereocenters. The van der Waals surface area contributed by atoms with E-state index in [2.05, 4.69) is 35.8 Å². The van der Waals surface area contributed by atoms with E-state index in [9.17, 15) is 0 Å². The number of halogens is 1. The summed E-state index contributed by atoms with van der Waals surface area (Å²) in [7, 11) is 0. The summed E-state index contributed by atoms with van der Waals surface area (Å²) in [4.78, 5) is 6.93. The molecule has 1 aliphatic heterocycles. The van der Waals surface area contributed by atoms with Crippen LogP contribution in [0.1, 0.15) is 45.3 Å². The van der Waals surface area contributed by atoms with Gasteiger partial charge in [-0.1, -0.05) is 25.9 Å². The summed E-state index contributed by atoms with van der Waals surface area (Å²) in [5.41, 5.74) is 6.09. The third-order valence-electron chi connectivity index (χ3n) is 4.46. The molecule has 0 aromatic carbocycles. The lowest BCUT2D eigenvalue weighted by atomic mass is 9.97. The first-order valence-electron chi connectivity index (χ1n) is 7.24. The monoisotopic (exact) mass is 300 g/mol. The van der Waals surface area contributed by atoms with E-state index in [4.69, 9.17) is 10.3 Å². The number of aromatic nitrogens is 2. The van der Waals surface area contributed by atoms with Crippen molar-refractivity contribution in [2.75, 3.05) is 13.1 Å². The van der Waals surface area contributed by atoms with Crippen LogP contribution < -0.4 is 5.73 Å². The fourth-order valence-corrected chi connectivity index (χ4v) is 3.35. The van der Waals surface area contributed by atoms with E-state index in [-0.39, 0.29) is 17.8 Å². The van der Waals surface area contributed by atoms with E-state index in [0.717, 1.165) is 37.3 Å². The normalized spacial score (nSPS) is 30.3. The van der Waals surface area contributed by atoms with Gasteiger partial charge in [-0.05, 0) is 24.7 Å². The number of likely N-dealkylation sites (tertiary alicyclic amines) is 1. The molecule has 114 valence electrons. The van der Waals surface area contributed by atoms with Crippen LogP contribution in [0, 0.1) is 11.8 Å². The Balaban J connectivity index is 0.00000147. The Morgan fingerprint density at radius 3 is 2.65 bits per heavy atom. The van der Waals surface area contributed by atoms with Crippen molar-refractivity contribution in [2.45, 2.75) is 51.6 Å². The van der Waals surface area contributed by atoms with Crippen LogP contribution in [0.15, 0.2) is 4.52 Å². The topological polar surface area (TPSA) is 68.2 Å². The smallest absolute Gasteiger partial charge is 0.232 e. The Bertz CT molecular complexity index is 456. The minimum absolute atomic E-state index is 0. The molecule has 0 amide bonds. The lowest BCUT2D eigenvalue weighted by molar-refractivity contribution is 0.279. The standard InChI is InChI=1S/C14H24N4O.ClH/c1-14(2,3)13-16-12(17-19-13)8-18-6-9-4-5-11(15)10(9)7-18;/h9-11H,4-8,15H2,1-3H3;1H. The molecule has 20 heavy (non-hydrogen) atoms. The van der Waals surface area contributed by atoms with Crippen LogP contribution in [0.4, 0.5) is 0 Å². The van der Waals surface area contributed by atoms with Crippen LogP contribution in [-0.2, 0) is 12.0 Å². The molecule has 1 saturated carbocycles. The molecule has 1 aromatic heterocycles. The minimum Gasteiger partial charge on any atom is -0.339 e. The number of nitrogens with two attached hydrogens (primary N) is 1. The lowest BCUT2D eigenvalue weighted by Crippen LogP contribution is -2.30. The second-order valence-corrected chi connectivity index (χ2v) is 7.12. The molecule has 5 nitrogen and oxygen atoms in total. The van der Waals surface area contributed by atoms with Gasteiger partial charge in [0.1, 0.15) is 0 Å². The van der Waals surface area contributed by atoms with Gasteiger partial charge in [0.25, 0.3) is 0 Å². The number of hydrogen-bond donors (Lipinski definition) is 1. The van der Waals surface area contributed by atoms with Crippen LogP contribution in [0.3, 0.4) is 0 Å². The lowest BCUT2D eigenvalue weighted by Gasteiger charge is -2.16. The molecular weight excluding hydrogens is 276 g/mol. The van der Waals surface area contributed by atoms with Crippen molar-refractivity contribution < 1.29 is 4.52 Å². The van der Waals surface area contributed by atoms with Crippen LogP contribution in [0.25, 0.3) is 0 Å². The quantitative estimate of drug-likeness (QED) is 0.904. The number of nitrogens with zero attached hydrogens (tertiary/aromatic N) is 3. The second kappa shape index (κ2) is 5.62. The zero-order valence-corrected chi connectivity index (χ0v) is 13.3. The maximum Gasteiger partial charge on any atom is 0.232 e. The Hall–Kier alpha value is -0.650. The van der Waals surface area contributed by atoms with Crippen LogP contribution in [0.5, 0.6) is 0 Å². The van der Waals surface area contributed by atoms with Crippen molar-refractivity contribution in [1.29, 1.82) is 0 Å². The predicted octanol–water partition coefficient (Wildman–Crippen LogP) is 1.96. The van der Waals surface area contributed by atoms with Crippen molar-refractivity contribution >= 4 is 12.4 Å². The van der Waals surface area contributed by atoms with Crippen LogP contribution in [-0.4, -0.2) is 34.2 Å². The summed E-state index contributed by atoms with van der Waals surface area (Å²) >= 11 is 0. The van der Waals surface area contributed by atoms with Crippen LogP contribution in [0.2, 0.25) is 0 Å². The highest BCUT2D eigenvalue weighted by molar-refractivity contribution is 5.85. The molecule has 2 fully saturated rings. The summed E-state index contributed by atoms with van der Waals surface area (Å²) in [5, 5.41) is 4.10. The Kier molecular flexibility index (Phi) is 4.42. The van der Waals surface area contributed by atoms with Crippen molar-refractivity contribution in [3.63, 3.8) is 0 Å². The fraction of sp³-hybridized carbons (Fsp3) is 0.857. The third kappa shape index (κ3) is 3.00. The van der Waals surface area contributed by atoms with Crippen LogP contribution >= 0.6 is 12.4 Å². The maximum absolute atomic E-state index is 6.16. The highest BCUT2D eigenvalue weighted by Crippen LogP contribution is 2.37. The Morgan fingerprint density at radius 1 is 1.30 bits per heavy atom. The van der Waals surface area contributed by atoms with E-state index in [1.807, 2.05) is 0 Å². The summed E-state index contributed by atoms with van der Waals surface area (Å²) < 4.78 is 5.34. The second-order valence-electron chi connectivity index (χ2n) is 7.12. The zero-order chi connectivity index (χ0) is 13.6. The molecule has 6 heteroatoms. The molecule has 3 rings (SSSR count). The number of fused-ring (bicyclic) bond motifs is 1. The molecule has 3 unspecified atom stereocenters. The summed E-state index contributed by atoms with van der Waals surface area (Å²) in [5.74, 6) is 2.98. The average molecular weight is 301 g/mol. The van der Waals surface area contributed by atoms with Crippen molar-refractivity contribution in [2.24, 2.45) is 17.6 Å². The van der Waals surface area contributed by atoms with Gasteiger partial charge in [-0.2, -0.15) is 4.98 Å². The molecule has 0 spiro atoms. The van der Waals surface area contributed by atoms with E-state index in [0.29, 0.717) is 12.0 Å². The average Bonchev–Trinajstić information content (AvgIpc) is 2.97. The number of rotatable bonds is 2. The highest BCUT2D eigenvalue weighted by atomic mass is 35.5.